The van der Waals surface area contributed by atoms with Gasteiger partial charge in [-0.1, -0.05) is 0 Å². The molecule has 14 heavy (non-hydrogen) atoms. The van der Waals surface area contributed by atoms with Crippen LogP contribution in [0.1, 0.15) is 37.4 Å². The van der Waals surface area contributed by atoms with Gasteiger partial charge in [0, 0.05) is 12.2 Å². The molecule has 1 aromatic heterocycles. The molecule has 1 saturated carbocycles. The molecule has 2 atom stereocenters. The normalized spacial score (nSPS) is 27.9. The predicted molar refractivity (Wildman–Crippen MR) is 57.3 cm³/mol. The van der Waals surface area contributed by atoms with E-state index >= 15 is 0 Å². The average molecular weight is 193 g/mol. The van der Waals surface area contributed by atoms with Gasteiger partial charge in [-0.2, -0.15) is 5.10 Å². The summed E-state index contributed by atoms with van der Waals surface area (Å²) in [5, 5.41) is 7.86. The van der Waals surface area contributed by atoms with Gasteiger partial charge in [0.2, 0.25) is 0 Å². The van der Waals surface area contributed by atoms with Crippen LogP contribution < -0.4 is 5.32 Å². The van der Waals surface area contributed by atoms with E-state index in [9.17, 15) is 0 Å². The molecule has 2 unspecified atom stereocenters. The summed E-state index contributed by atoms with van der Waals surface area (Å²) >= 11 is 0. The molecule has 1 aliphatic carbocycles. The smallest absolute Gasteiger partial charge is 0.0593 e. The SMILES string of the molecule is CNC1CCCC(n2ccc(C)n2)C1. The molecule has 1 N–H and O–H groups in total. The molecule has 1 heterocycles. The first-order valence-electron chi connectivity index (χ1n) is 5.48. The van der Waals surface area contributed by atoms with E-state index in [-0.39, 0.29) is 0 Å². The van der Waals surface area contributed by atoms with E-state index in [0.717, 1.165) is 5.69 Å². The number of nitrogens with one attached hydrogen (secondary N) is 1. The molecule has 1 aliphatic rings. The zero-order valence-corrected chi connectivity index (χ0v) is 9.03. The van der Waals surface area contributed by atoms with Crippen molar-refractivity contribution >= 4 is 0 Å². The third kappa shape index (κ3) is 1.98. The third-order valence-electron chi connectivity index (χ3n) is 3.17. The fourth-order valence-corrected chi connectivity index (χ4v) is 2.30. The summed E-state index contributed by atoms with van der Waals surface area (Å²) in [5.74, 6) is 0. The number of nitrogens with zero attached hydrogens (tertiary/aromatic N) is 2. The van der Waals surface area contributed by atoms with Crippen molar-refractivity contribution in [3.8, 4) is 0 Å². The second-order valence-electron chi connectivity index (χ2n) is 4.24. The lowest BCUT2D eigenvalue weighted by Gasteiger charge is -2.29. The largest absolute Gasteiger partial charge is 0.317 e. The van der Waals surface area contributed by atoms with E-state index in [4.69, 9.17) is 0 Å². The van der Waals surface area contributed by atoms with E-state index in [1.165, 1.54) is 25.7 Å². The molecule has 0 spiro atoms. The lowest BCUT2D eigenvalue weighted by molar-refractivity contribution is 0.278. The number of hydrogen-bond donors (Lipinski definition) is 1. The van der Waals surface area contributed by atoms with Crippen molar-refractivity contribution in [1.82, 2.24) is 15.1 Å². The highest BCUT2D eigenvalue weighted by Crippen LogP contribution is 2.27. The minimum Gasteiger partial charge on any atom is -0.317 e. The number of aryl methyl sites for hydroxylation is 1. The summed E-state index contributed by atoms with van der Waals surface area (Å²) in [6.07, 6.45) is 7.23. The summed E-state index contributed by atoms with van der Waals surface area (Å²) in [6.45, 7) is 2.05. The molecule has 0 amide bonds. The van der Waals surface area contributed by atoms with Crippen LogP contribution in [0, 0.1) is 6.92 Å². The van der Waals surface area contributed by atoms with Crippen LogP contribution in [-0.2, 0) is 0 Å². The molecule has 0 aromatic carbocycles. The third-order valence-corrected chi connectivity index (χ3v) is 3.17. The number of hydrogen-bond acceptors (Lipinski definition) is 2. The van der Waals surface area contributed by atoms with E-state index < -0.39 is 0 Å². The van der Waals surface area contributed by atoms with Gasteiger partial charge in [0.1, 0.15) is 0 Å². The zero-order chi connectivity index (χ0) is 9.97. The average Bonchev–Trinajstić information content (AvgIpc) is 2.65. The first-order valence-corrected chi connectivity index (χ1v) is 5.48. The van der Waals surface area contributed by atoms with E-state index in [2.05, 4.69) is 41.3 Å². The van der Waals surface area contributed by atoms with Gasteiger partial charge in [0.25, 0.3) is 0 Å². The molecular weight excluding hydrogens is 174 g/mol. The molecule has 78 valence electrons. The highest BCUT2D eigenvalue weighted by molar-refractivity contribution is 4.97. The molecule has 0 radical (unpaired) electrons. The molecule has 0 bridgehead atoms. The Hall–Kier alpha value is -0.830. The first kappa shape index (κ1) is 9.71. The highest BCUT2D eigenvalue weighted by Gasteiger charge is 2.22. The predicted octanol–water partition coefficient (Wildman–Crippen LogP) is 1.89. The van der Waals surface area contributed by atoms with Crippen molar-refractivity contribution in [2.75, 3.05) is 7.05 Å². The zero-order valence-electron chi connectivity index (χ0n) is 9.03. The molecule has 3 heteroatoms. The fraction of sp³-hybridized carbons (Fsp3) is 0.727. The van der Waals surface area contributed by atoms with Crippen LogP contribution >= 0.6 is 0 Å². The Morgan fingerprint density at radius 2 is 2.36 bits per heavy atom. The maximum atomic E-state index is 4.49. The first-order chi connectivity index (χ1) is 6.79. The molecular formula is C11H19N3. The second kappa shape index (κ2) is 4.13. The topological polar surface area (TPSA) is 29.9 Å². The summed E-state index contributed by atoms with van der Waals surface area (Å²) in [6, 6.07) is 3.37. The molecule has 1 fully saturated rings. The van der Waals surface area contributed by atoms with Crippen LogP contribution in [0.5, 0.6) is 0 Å². The van der Waals surface area contributed by atoms with Crippen molar-refractivity contribution in [3.63, 3.8) is 0 Å². The fourth-order valence-electron chi connectivity index (χ4n) is 2.30. The summed E-state index contributed by atoms with van der Waals surface area (Å²) < 4.78 is 2.14. The van der Waals surface area contributed by atoms with Crippen molar-refractivity contribution < 1.29 is 0 Å². The Balaban J connectivity index is 2.04. The lowest BCUT2D eigenvalue weighted by atomic mass is 9.91. The maximum absolute atomic E-state index is 4.49. The summed E-state index contributed by atoms with van der Waals surface area (Å²) in [7, 11) is 2.06. The van der Waals surface area contributed by atoms with Crippen LogP contribution in [0.15, 0.2) is 12.3 Å². The van der Waals surface area contributed by atoms with Crippen molar-refractivity contribution in [1.29, 1.82) is 0 Å². The minimum absolute atomic E-state index is 0.606. The van der Waals surface area contributed by atoms with E-state index in [0.29, 0.717) is 12.1 Å². The Bertz CT molecular complexity index is 292. The molecule has 0 saturated heterocycles. The maximum Gasteiger partial charge on any atom is 0.0593 e. The van der Waals surface area contributed by atoms with Gasteiger partial charge in [-0.3, -0.25) is 4.68 Å². The van der Waals surface area contributed by atoms with Gasteiger partial charge < -0.3 is 5.32 Å². The van der Waals surface area contributed by atoms with Crippen LogP contribution in [0.3, 0.4) is 0 Å². The number of aromatic nitrogens is 2. The van der Waals surface area contributed by atoms with E-state index in [1.54, 1.807) is 0 Å². The summed E-state index contributed by atoms with van der Waals surface area (Å²) in [5.41, 5.74) is 1.12. The van der Waals surface area contributed by atoms with Gasteiger partial charge in [0.05, 0.1) is 11.7 Å². The van der Waals surface area contributed by atoms with Crippen LogP contribution in [-0.4, -0.2) is 22.9 Å². The summed E-state index contributed by atoms with van der Waals surface area (Å²) in [4.78, 5) is 0. The van der Waals surface area contributed by atoms with Crippen LogP contribution in [0.25, 0.3) is 0 Å². The van der Waals surface area contributed by atoms with Gasteiger partial charge in [-0.15, -0.1) is 0 Å². The van der Waals surface area contributed by atoms with Gasteiger partial charge in [-0.25, -0.2) is 0 Å². The van der Waals surface area contributed by atoms with E-state index in [1.807, 2.05) is 0 Å². The molecule has 1 aromatic rings. The van der Waals surface area contributed by atoms with Crippen molar-refractivity contribution in [3.05, 3.63) is 18.0 Å². The Labute approximate surface area is 85.5 Å². The molecule has 3 nitrogen and oxygen atoms in total. The molecule has 0 aliphatic heterocycles. The van der Waals surface area contributed by atoms with Gasteiger partial charge in [0.15, 0.2) is 0 Å². The Morgan fingerprint density at radius 1 is 1.50 bits per heavy atom. The van der Waals surface area contributed by atoms with Gasteiger partial charge >= 0.3 is 0 Å². The van der Waals surface area contributed by atoms with Crippen LogP contribution in [0.4, 0.5) is 0 Å². The lowest BCUT2D eigenvalue weighted by Crippen LogP contribution is -2.32. The Kier molecular flexibility index (Phi) is 2.87. The minimum atomic E-state index is 0.606. The second-order valence-corrected chi connectivity index (χ2v) is 4.24. The van der Waals surface area contributed by atoms with Crippen LogP contribution in [0.2, 0.25) is 0 Å². The standard InChI is InChI=1S/C11H19N3/c1-9-6-7-14(13-9)11-5-3-4-10(8-11)12-2/h6-7,10-12H,3-5,8H2,1-2H3. The number of rotatable bonds is 2. The van der Waals surface area contributed by atoms with Gasteiger partial charge in [-0.05, 0) is 45.7 Å². The van der Waals surface area contributed by atoms with Crippen molar-refractivity contribution in [2.24, 2.45) is 0 Å². The van der Waals surface area contributed by atoms with Crippen molar-refractivity contribution in [2.45, 2.75) is 44.7 Å². The molecule has 2 rings (SSSR count). The monoisotopic (exact) mass is 193 g/mol. The Morgan fingerprint density at radius 3 is 3.00 bits per heavy atom. The quantitative estimate of drug-likeness (QED) is 0.777. The highest BCUT2D eigenvalue weighted by atomic mass is 15.3.